The summed E-state index contributed by atoms with van der Waals surface area (Å²) >= 11 is 0. The minimum Gasteiger partial charge on any atom is -0.287 e. The first-order valence-corrected chi connectivity index (χ1v) is 16.5. The molecule has 6 rings (SSSR count). The molecule has 1 aromatic heterocycles. The van der Waals surface area contributed by atoms with Gasteiger partial charge in [0, 0.05) is 5.56 Å². The molecule has 328 valence electrons. The van der Waals surface area contributed by atoms with Crippen molar-refractivity contribution in [3.05, 3.63) is 177 Å². The zero-order chi connectivity index (χ0) is 47.2. The Hall–Kier alpha value is -7.00. The van der Waals surface area contributed by atoms with E-state index in [2.05, 4.69) is 4.98 Å². The molecule has 6 aromatic rings. The lowest BCUT2D eigenvalue weighted by Crippen LogP contribution is -2.81. The molecule has 0 spiro atoms. The topological polar surface area (TPSA) is 57.6 Å². The molecule has 0 bridgehead atoms. The van der Waals surface area contributed by atoms with Gasteiger partial charge < -0.3 is 0 Å². The van der Waals surface area contributed by atoms with Gasteiger partial charge in [0.25, 0.3) is 0 Å². The van der Waals surface area contributed by atoms with E-state index in [-0.39, 0.29) is 18.7 Å². The fourth-order valence-corrected chi connectivity index (χ4v) is 6.51. The van der Waals surface area contributed by atoms with E-state index in [1.165, 1.54) is 0 Å². The van der Waals surface area contributed by atoms with E-state index in [4.69, 9.17) is 5.26 Å². The molecule has 0 N–H and O–H groups in total. The van der Waals surface area contributed by atoms with Gasteiger partial charge in [-0.1, -0.05) is 30.3 Å². The second-order valence-electron chi connectivity index (χ2n) is 12.6. The van der Waals surface area contributed by atoms with Crippen LogP contribution in [0.3, 0.4) is 0 Å². The maximum absolute atomic E-state index is 15.4. The first-order valence-electron chi connectivity index (χ1n) is 16.5. The van der Waals surface area contributed by atoms with Crippen molar-refractivity contribution < 1.29 is 97.2 Å². The second kappa shape index (κ2) is 17.8. The summed E-state index contributed by atoms with van der Waals surface area (Å²) in [7, 11) is 0. The van der Waals surface area contributed by atoms with Crippen molar-refractivity contribution in [2.75, 3.05) is 0 Å². The fourth-order valence-electron chi connectivity index (χ4n) is 6.51. The summed E-state index contributed by atoms with van der Waals surface area (Å²) in [5.74, 6) is -71.4. The van der Waals surface area contributed by atoms with Gasteiger partial charge in [-0.3, -0.25) is 4.79 Å². The lowest BCUT2D eigenvalue weighted by atomic mass is 9.12. The van der Waals surface area contributed by atoms with E-state index in [9.17, 15) is 57.5 Å². The van der Waals surface area contributed by atoms with E-state index in [1.807, 2.05) is 24.3 Å². The standard InChI is InChI=1S/C24BF20.C14H12N3O/c26-5-1(6(27)14(35)21(42)13(5)34)25(2-7(28)15(36)22(43)16(37)8(2)29,3-9(30)17(38)23(44)18(39)10(3)31)4-11(32)19(40)24(45)20(41)12(4)33;15-7-6-13-10-17(9-8-16-13)11-14(18)12-4-2-1-3-5-12/h;1-5,8-10H,6,11H2/q-1;+1. The highest BCUT2D eigenvalue weighted by atomic mass is 19.2. The van der Waals surface area contributed by atoms with Gasteiger partial charge in [-0.15, -0.1) is 21.9 Å². The third-order valence-electron chi connectivity index (χ3n) is 9.20. The number of carbonyl (C=O) groups is 1. The number of halogens is 20. The summed E-state index contributed by atoms with van der Waals surface area (Å²) in [6.45, 7) is 0.255. The van der Waals surface area contributed by atoms with Crippen LogP contribution in [0.2, 0.25) is 0 Å². The Morgan fingerprint density at radius 3 is 1.05 bits per heavy atom. The molecule has 5 aromatic carbocycles. The average Bonchev–Trinajstić information content (AvgIpc) is 3.27. The van der Waals surface area contributed by atoms with Crippen molar-refractivity contribution in [3.8, 4) is 6.07 Å². The van der Waals surface area contributed by atoms with Gasteiger partial charge in [-0.2, -0.15) is 9.83 Å². The molecular formula is C38H12BF20N3O. The highest BCUT2D eigenvalue weighted by Crippen LogP contribution is 2.30. The minimum atomic E-state index is -7.22. The number of carbonyl (C=O) groups excluding carboxylic acids is 1. The highest BCUT2D eigenvalue weighted by molar-refractivity contribution is 7.20. The van der Waals surface area contributed by atoms with Crippen LogP contribution in [0.5, 0.6) is 0 Å². The molecule has 0 aliphatic heterocycles. The highest BCUT2D eigenvalue weighted by Gasteiger charge is 2.52. The number of benzene rings is 5. The molecular weight excluding hydrogens is 905 g/mol. The van der Waals surface area contributed by atoms with Crippen LogP contribution in [0.15, 0.2) is 48.9 Å². The normalized spacial score (nSPS) is 11.3. The number of Topliss-reactive ketones (excluding diaryl/α,β-unsaturated/α-hetero) is 1. The molecule has 0 aliphatic rings. The zero-order valence-electron chi connectivity index (χ0n) is 29.9. The van der Waals surface area contributed by atoms with Gasteiger partial charge in [0.2, 0.25) is 12.3 Å². The maximum Gasteiger partial charge on any atom is 0.227 e. The van der Waals surface area contributed by atoms with Gasteiger partial charge in [-0.05, 0) is 0 Å². The molecule has 0 atom stereocenters. The van der Waals surface area contributed by atoms with Crippen molar-refractivity contribution in [1.29, 1.82) is 5.26 Å². The first kappa shape index (κ1) is 47.1. The monoisotopic (exact) mass is 917 g/mol. The van der Waals surface area contributed by atoms with Crippen LogP contribution in [0.25, 0.3) is 0 Å². The molecule has 0 aliphatic carbocycles. The third kappa shape index (κ3) is 7.66. The predicted molar refractivity (Wildman–Crippen MR) is 174 cm³/mol. The summed E-state index contributed by atoms with van der Waals surface area (Å²) in [5, 5.41) is 8.60. The fraction of sp³-hybridized carbons (Fsp3) is 0.0526. The van der Waals surface area contributed by atoms with Gasteiger partial charge >= 0.3 is 0 Å². The Labute approximate surface area is 336 Å². The predicted octanol–water partition coefficient (Wildman–Crippen LogP) is 7.16. The largest absolute Gasteiger partial charge is 0.287 e. The number of hydrogen-bond donors (Lipinski definition) is 0. The minimum absolute atomic E-state index is 0.0368. The third-order valence-corrected chi connectivity index (χ3v) is 9.20. The molecule has 0 amide bonds. The zero-order valence-corrected chi connectivity index (χ0v) is 29.9. The Bertz CT molecular complexity index is 2510. The number of hydrogen-bond acceptors (Lipinski definition) is 3. The van der Waals surface area contributed by atoms with Gasteiger partial charge in [0.1, 0.15) is 58.4 Å². The number of ketones is 1. The van der Waals surface area contributed by atoms with Crippen LogP contribution in [0.4, 0.5) is 87.8 Å². The Morgan fingerprint density at radius 2 is 0.762 bits per heavy atom. The number of nitrogens with zero attached hydrogens (tertiary/aromatic N) is 3. The molecule has 0 radical (unpaired) electrons. The van der Waals surface area contributed by atoms with Crippen molar-refractivity contribution in [2.24, 2.45) is 0 Å². The molecule has 0 unspecified atom stereocenters. The number of rotatable bonds is 8. The van der Waals surface area contributed by atoms with Crippen LogP contribution in [0, 0.1) is 128 Å². The smallest absolute Gasteiger partial charge is 0.227 e. The van der Waals surface area contributed by atoms with Crippen molar-refractivity contribution in [1.82, 2.24) is 4.98 Å². The van der Waals surface area contributed by atoms with Crippen LogP contribution in [-0.4, -0.2) is 16.9 Å². The molecule has 25 heteroatoms. The molecule has 0 saturated heterocycles. The van der Waals surface area contributed by atoms with Crippen molar-refractivity contribution in [2.45, 2.75) is 13.0 Å². The van der Waals surface area contributed by atoms with Crippen LogP contribution < -0.4 is 26.4 Å². The van der Waals surface area contributed by atoms with E-state index in [0.717, 1.165) is 0 Å². The average molecular weight is 917 g/mol. The summed E-state index contributed by atoms with van der Waals surface area (Å²) < 4.78 is 296. The summed E-state index contributed by atoms with van der Waals surface area (Å²) in [5.41, 5.74) is -13.0. The van der Waals surface area contributed by atoms with Gasteiger partial charge in [0.05, 0.1) is 18.7 Å². The SMILES string of the molecule is Fc1c(F)c(F)c([B-](c2c(F)c(F)c(F)c(F)c2F)(c2c(F)c(F)c(F)c(F)c2F)c2c(F)c(F)c(F)c(F)c2F)c(F)c1F.N#CCc1c[n+](CC(=O)c2ccccc2)ccn1. The maximum atomic E-state index is 15.4. The molecule has 63 heavy (non-hydrogen) atoms. The lowest BCUT2D eigenvalue weighted by Gasteiger charge is -2.44. The Balaban J connectivity index is 0.000000345. The lowest BCUT2D eigenvalue weighted by molar-refractivity contribution is -0.684. The number of aromatic nitrogens is 2. The second-order valence-corrected chi connectivity index (χ2v) is 12.6. The van der Waals surface area contributed by atoms with E-state index in [1.54, 1.807) is 35.3 Å². The molecule has 1 heterocycles. The summed E-state index contributed by atoms with van der Waals surface area (Å²) in [6, 6.07) is 11.2. The van der Waals surface area contributed by atoms with Crippen molar-refractivity contribution >= 4 is 33.8 Å². The number of nitriles is 1. The summed E-state index contributed by atoms with van der Waals surface area (Å²) in [4.78, 5) is 16.0. The Morgan fingerprint density at radius 1 is 0.476 bits per heavy atom. The van der Waals surface area contributed by atoms with Crippen LogP contribution in [0.1, 0.15) is 16.1 Å². The molecule has 0 saturated carbocycles. The van der Waals surface area contributed by atoms with Crippen LogP contribution >= 0.6 is 0 Å². The first-order chi connectivity index (χ1) is 29.5. The van der Waals surface area contributed by atoms with Gasteiger partial charge in [0.15, 0.2) is 82.2 Å². The Kier molecular flexibility index (Phi) is 13.3. The molecule has 4 nitrogen and oxygen atoms in total. The van der Waals surface area contributed by atoms with Crippen LogP contribution in [-0.2, 0) is 13.0 Å². The van der Waals surface area contributed by atoms with Crippen molar-refractivity contribution in [3.63, 3.8) is 0 Å². The summed E-state index contributed by atoms with van der Waals surface area (Å²) in [6.07, 6.45) is -1.91. The quantitative estimate of drug-likeness (QED) is 0.0407. The molecule has 0 fully saturated rings. The van der Waals surface area contributed by atoms with E-state index >= 15 is 35.1 Å². The van der Waals surface area contributed by atoms with E-state index in [0.29, 0.717) is 11.3 Å². The van der Waals surface area contributed by atoms with E-state index < -0.39 is 144 Å². The van der Waals surface area contributed by atoms with Gasteiger partial charge in [-0.25, -0.2) is 92.8 Å².